The molecule has 0 spiro atoms. The van der Waals surface area contributed by atoms with Crippen molar-refractivity contribution < 1.29 is 9.47 Å². The molecule has 9 nitrogen and oxygen atoms in total. The zero-order valence-electron chi connectivity index (χ0n) is 22.4. The van der Waals surface area contributed by atoms with E-state index in [9.17, 15) is 4.79 Å². The Morgan fingerprint density at radius 2 is 1.87 bits per heavy atom. The Labute approximate surface area is 222 Å². The average molecular weight is 517 g/mol. The number of hydrogen-bond donors (Lipinski definition) is 1. The molecule has 0 amide bonds. The number of aromatic amines is 1. The Hall–Kier alpha value is -3.72. The minimum Gasteiger partial charge on any atom is -0.496 e. The van der Waals surface area contributed by atoms with Crippen LogP contribution < -0.4 is 15.0 Å². The third-order valence-electron chi connectivity index (χ3n) is 7.46. The predicted molar refractivity (Wildman–Crippen MR) is 146 cm³/mol. The van der Waals surface area contributed by atoms with Crippen molar-refractivity contribution in [2.45, 2.75) is 71.1 Å². The van der Waals surface area contributed by atoms with E-state index in [0.29, 0.717) is 31.3 Å². The Morgan fingerprint density at radius 1 is 1.08 bits per heavy atom. The van der Waals surface area contributed by atoms with Gasteiger partial charge in [0.1, 0.15) is 11.5 Å². The minimum atomic E-state index is -0.100. The normalized spacial score (nSPS) is 14.8. The summed E-state index contributed by atoms with van der Waals surface area (Å²) in [7, 11) is 1.69. The summed E-state index contributed by atoms with van der Waals surface area (Å²) in [6.07, 6.45) is 5.37. The maximum atomic E-state index is 13.2. The van der Waals surface area contributed by atoms with E-state index in [0.717, 1.165) is 53.1 Å². The molecule has 200 valence electrons. The molecule has 1 saturated carbocycles. The molecule has 38 heavy (non-hydrogen) atoms. The summed E-state index contributed by atoms with van der Waals surface area (Å²) in [5.74, 6) is 2.45. The van der Waals surface area contributed by atoms with Crippen LogP contribution in [0.5, 0.6) is 11.5 Å². The summed E-state index contributed by atoms with van der Waals surface area (Å²) in [6, 6.07) is 16.0. The number of fused-ring (bicyclic) bond motifs is 1. The lowest BCUT2D eigenvalue weighted by Crippen LogP contribution is -2.33. The van der Waals surface area contributed by atoms with E-state index in [2.05, 4.69) is 38.4 Å². The van der Waals surface area contributed by atoms with E-state index in [1.54, 1.807) is 7.11 Å². The van der Waals surface area contributed by atoms with Gasteiger partial charge in [0.25, 0.3) is 5.56 Å². The quantitative estimate of drug-likeness (QED) is 0.293. The number of hydrogen-bond acceptors (Lipinski definition) is 7. The summed E-state index contributed by atoms with van der Waals surface area (Å²) in [4.78, 5) is 18.6. The fraction of sp³-hybridized carbons (Fsp3) is 0.448. The van der Waals surface area contributed by atoms with Crippen LogP contribution in [-0.4, -0.2) is 43.8 Å². The Kier molecular flexibility index (Phi) is 8.03. The highest BCUT2D eigenvalue weighted by molar-refractivity contribution is 5.80. The number of H-pyrrole nitrogens is 1. The van der Waals surface area contributed by atoms with Gasteiger partial charge in [-0.3, -0.25) is 9.69 Å². The van der Waals surface area contributed by atoms with Crippen LogP contribution in [0.3, 0.4) is 0 Å². The molecule has 0 saturated heterocycles. The Bertz CT molecular complexity index is 1430. The van der Waals surface area contributed by atoms with E-state index in [4.69, 9.17) is 9.47 Å². The smallest absolute Gasteiger partial charge is 0.252 e. The van der Waals surface area contributed by atoms with Gasteiger partial charge in [0.2, 0.25) is 0 Å². The van der Waals surface area contributed by atoms with Gasteiger partial charge < -0.3 is 14.5 Å². The van der Waals surface area contributed by atoms with Gasteiger partial charge in [0.05, 0.1) is 25.8 Å². The van der Waals surface area contributed by atoms with Crippen molar-refractivity contribution in [1.29, 1.82) is 0 Å². The van der Waals surface area contributed by atoms with Gasteiger partial charge in [0, 0.05) is 35.1 Å². The SMILES string of the molecule is CCOc1ccc2[nH]c(=O)c(CN(Cc3ccccc3OC)[C@@H](CC)c3nnnn3C3CCCC3)cc2c1. The van der Waals surface area contributed by atoms with Crippen LogP contribution in [0.15, 0.2) is 53.3 Å². The van der Waals surface area contributed by atoms with Crippen LogP contribution in [0.2, 0.25) is 0 Å². The molecule has 1 atom stereocenters. The van der Waals surface area contributed by atoms with E-state index in [1.807, 2.05) is 54.1 Å². The predicted octanol–water partition coefficient (Wildman–Crippen LogP) is 5.19. The van der Waals surface area contributed by atoms with Crippen LogP contribution in [0.4, 0.5) is 0 Å². The number of para-hydroxylation sites is 1. The molecule has 9 heteroatoms. The van der Waals surface area contributed by atoms with Crippen LogP contribution >= 0.6 is 0 Å². The number of ether oxygens (including phenoxy) is 2. The first-order valence-corrected chi connectivity index (χ1v) is 13.5. The van der Waals surface area contributed by atoms with Crippen LogP contribution in [0, 0.1) is 0 Å². The molecule has 5 rings (SSSR count). The van der Waals surface area contributed by atoms with Crippen molar-refractivity contribution in [3.63, 3.8) is 0 Å². The van der Waals surface area contributed by atoms with Crippen LogP contribution in [0.1, 0.15) is 75.0 Å². The molecular formula is C29H36N6O3. The summed E-state index contributed by atoms with van der Waals surface area (Å²) in [5, 5.41) is 13.9. The Morgan fingerprint density at radius 3 is 2.63 bits per heavy atom. The van der Waals surface area contributed by atoms with Crippen molar-refractivity contribution in [3.05, 3.63) is 75.8 Å². The molecule has 0 radical (unpaired) electrons. The highest BCUT2D eigenvalue weighted by Crippen LogP contribution is 2.34. The highest BCUT2D eigenvalue weighted by atomic mass is 16.5. The van der Waals surface area contributed by atoms with Crippen LogP contribution in [0.25, 0.3) is 10.9 Å². The molecular weight excluding hydrogens is 480 g/mol. The van der Waals surface area contributed by atoms with E-state index < -0.39 is 0 Å². The minimum absolute atomic E-state index is 0.0830. The molecule has 1 N–H and O–H groups in total. The number of aromatic nitrogens is 5. The van der Waals surface area contributed by atoms with E-state index >= 15 is 0 Å². The number of nitrogens with zero attached hydrogens (tertiary/aromatic N) is 5. The summed E-state index contributed by atoms with van der Waals surface area (Å²) in [6.45, 7) is 5.70. The highest BCUT2D eigenvalue weighted by Gasteiger charge is 2.30. The lowest BCUT2D eigenvalue weighted by Gasteiger charge is -2.31. The lowest BCUT2D eigenvalue weighted by molar-refractivity contribution is 0.156. The maximum absolute atomic E-state index is 13.2. The largest absolute Gasteiger partial charge is 0.496 e. The fourth-order valence-corrected chi connectivity index (χ4v) is 5.58. The number of benzene rings is 2. The average Bonchev–Trinajstić information content (AvgIpc) is 3.63. The maximum Gasteiger partial charge on any atom is 0.252 e. The number of nitrogens with one attached hydrogen (secondary N) is 1. The van der Waals surface area contributed by atoms with Gasteiger partial charge in [-0.1, -0.05) is 38.0 Å². The molecule has 1 aliphatic rings. The molecule has 2 aromatic heterocycles. The van der Waals surface area contributed by atoms with Gasteiger partial charge in [-0.25, -0.2) is 4.68 Å². The fourth-order valence-electron chi connectivity index (χ4n) is 5.58. The number of rotatable bonds is 11. The second kappa shape index (κ2) is 11.8. The first-order valence-electron chi connectivity index (χ1n) is 13.5. The van der Waals surface area contributed by atoms with Crippen molar-refractivity contribution in [3.8, 4) is 11.5 Å². The molecule has 1 aliphatic carbocycles. The third-order valence-corrected chi connectivity index (χ3v) is 7.46. The second-order valence-corrected chi connectivity index (χ2v) is 9.87. The number of pyridine rings is 1. The van der Waals surface area contributed by atoms with Gasteiger partial charge >= 0.3 is 0 Å². The number of tetrazole rings is 1. The monoisotopic (exact) mass is 516 g/mol. The van der Waals surface area contributed by atoms with Crippen molar-refractivity contribution in [2.24, 2.45) is 0 Å². The van der Waals surface area contributed by atoms with Gasteiger partial charge in [-0.15, -0.1) is 5.10 Å². The first kappa shape index (κ1) is 25.9. The van der Waals surface area contributed by atoms with Crippen molar-refractivity contribution >= 4 is 10.9 Å². The molecule has 0 unspecified atom stereocenters. The standard InChI is InChI=1S/C29H36N6O3/c1-4-26(28-31-32-33-35(28)23-11-7-8-12-23)34(18-20-10-6-9-13-27(20)37-3)19-22-16-21-17-24(38-5-2)14-15-25(21)30-29(22)36/h6,9-10,13-17,23,26H,4-5,7-8,11-12,18-19H2,1-3H3,(H,30,36)/t26-/m0/s1. The summed E-state index contributed by atoms with van der Waals surface area (Å²) < 4.78 is 13.4. The zero-order chi connectivity index (χ0) is 26.5. The van der Waals surface area contributed by atoms with Gasteiger partial charge in [-0.05, 0) is 66.9 Å². The second-order valence-electron chi connectivity index (χ2n) is 9.87. The molecule has 2 aromatic carbocycles. The summed E-state index contributed by atoms with van der Waals surface area (Å²) in [5.41, 5.74) is 2.41. The molecule has 4 aromatic rings. The van der Waals surface area contributed by atoms with Gasteiger partial charge in [-0.2, -0.15) is 0 Å². The molecule has 1 fully saturated rings. The Balaban J connectivity index is 1.55. The van der Waals surface area contributed by atoms with E-state index in [1.165, 1.54) is 12.8 Å². The summed E-state index contributed by atoms with van der Waals surface area (Å²) >= 11 is 0. The van der Waals surface area contributed by atoms with E-state index in [-0.39, 0.29) is 11.6 Å². The first-order chi connectivity index (χ1) is 18.6. The molecule has 0 aliphatic heterocycles. The van der Waals surface area contributed by atoms with Crippen molar-refractivity contribution in [2.75, 3.05) is 13.7 Å². The lowest BCUT2D eigenvalue weighted by atomic mass is 10.1. The third kappa shape index (κ3) is 5.43. The molecule has 2 heterocycles. The van der Waals surface area contributed by atoms with Crippen molar-refractivity contribution in [1.82, 2.24) is 30.1 Å². The zero-order valence-corrected chi connectivity index (χ0v) is 22.4. The van der Waals surface area contributed by atoms with Crippen LogP contribution in [-0.2, 0) is 13.1 Å². The number of methoxy groups -OCH3 is 1. The van der Waals surface area contributed by atoms with Gasteiger partial charge in [0.15, 0.2) is 5.82 Å². The molecule has 0 bridgehead atoms. The topological polar surface area (TPSA) is 98.2 Å².